The zero-order chi connectivity index (χ0) is 22.8. The molecule has 160 valence electrons. The van der Waals surface area contributed by atoms with Gasteiger partial charge in [0, 0.05) is 4.47 Å². The highest BCUT2D eigenvalue weighted by Gasteiger charge is 2.10. The zero-order valence-electron chi connectivity index (χ0n) is 18.8. The van der Waals surface area contributed by atoms with Crippen molar-refractivity contribution < 1.29 is 0 Å². The van der Waals surface area contributed by atoms with Crippen molar-refractivity contribution in [1.82, 2.24) is 0 Å². The molecule has 0 aliphatic carbocycles. The van der Waals surface area contributed by atoms with E-state index in [1.54, 1.807) is 0 Å². The number of benzene rings is 5. The molecular formula is C32H25Br. The molecule has 0 aromatic heterocycles. The van der Waals surface area contributed by atoms with Gasteiger partial charge in [0.2, 0.25) is 0 Å². The highest BCUT2D eigenvalue weighted by atomic mass is 79.9. The number of hydrogen-bond acceptors (Lipinski definition) is 0. The Balaban J connectivity index is 1.58. The molecule has 0 unspecified atom stereocenters. The summed E-state index contributed by atoms with van der Waals surface area (Å²) >= 11 is 3.60. The summed E-state index contributed by atoms with van der Waals surface area (Å²) in [6.07, 6.45) is 0. The van der Waals surface area contributed by atoms with Crippen molar-refractivity contribution in [3.63, 3.8) is 0 Å². The molecule has 0 fully saturated rings. The van der Waals surface area contributed by atoms with Gasteiger partial charge in [-0.05, 0) is 99.8 Å². The number of halogens is 1. The molecule has 0 aliphatic rings. The first-order valence-electron chi connectivity index (χ1n) is 11.2. The molecule has 0 saturated heterocycles. The van der Waals surface area contributed by atoms with Crippen LogP contribution in [-0.4, -0.2) is 0 Å². The summed E-state index contributed by atoms with van der Waals surface area (Å²) in [4.78, 5) is 0. The molecule has 1 heteroatoms. The van der Waals surface area contributed by atoms with Gasteiger partial charge in [-0.1, -0.05) is 101 Å². The van der Waals surface area contributed by atoms with E-state index in [1.165, 1.54) is 55.6 Å². The SMILES string of the molecule is Cc1ccc(-c2ccccc2)cc1-c1cc(-c2cccc(-c3cccc(Br)c3)c2)ccc1C. The van der Waals surface area contributed by atoms with Crippen LogP contribution in [0, 0.1) is 13.8 Å². The molecule has 5 rings (SSSR count). The van der Waals surface area contributed by atoms with Crippen molar-refractivity contribution in [3.05, 3.63) is 131 Å². The lowest BCUT2D eigenvalue weighted by Crippen LogP contribution is -1.90. The summed E-state index contributed by atoms with van der Waals surface area (Å²) in [5.41, 5.74) is 12.5. The van der Waals surface area contributed by atoms with E-state index in [9.17, 15) is 0 Å². The minimum absolute atomic E-state index is 1.09. The molecular weight excluding hydrogens is 464 g/mol. The predicted octanol–water partition coefficient (Wildman–Crippen LogP) is 9.73. The Bertz CT molecular complexity index is 1430. The summed E-state index contributed by atoms with van der Waals surface area (Å²) < 4.78 is 1.09. The maximum Gasteiger partial charge on any atom is 0.0181 e. The fraction of sp³-hybridized carbons (Fsp3) is 0.0625. The molecule has 0 heterocycles. The standard InChI is InChI=1S/C32H25Br/c1-22-14-16-28(24-8-4-3-5-9-24)20-31(22)32-21-29(17-15-23(32)2)26-11-6-10-25(18-26)27-12-7-13-30(33)19-27/h3-21H,1-2H3. The third-order valence-electron chi connectivity index (χ3n) is 6.23. The summed E-state index contributed by atoms with van der Waals surface area (Å²) in [6.45, 7) is 4.40. The lowest BCUT2D eigenvalue weighted by molar-refractivity contribution is 1.40. The van der Waals surface area contributed by atoms with Gasteiger partial charge >= 0.3 is 0 Å². The first-order chi connectivity index (χ1) is 16.1. The van der Waals surface area contributed by atoms with Crippen molar-refractivity contribution in [3.8, 4) is 44.5 Å². The second kappa shape index (κ2) is 9.21. The first kappa shape index (κ1) is 21.4. The van der Waals surface area contributed by atoms with Crippen LogP contribution in [0.1, 0.15) is 11.1 Å². The van der Waals surface area contributed by atoms with Crippen LogP contribution in [-0.2, 0) is 0 Å². The van der Waals surface area contributed by atoms with Crippen molar-refractivity contribution in [2.45, 2.75) is 13.8 Å². The predicted molar refractivity (Wildman–Crippen MR) is 145 cm³/mol. The van der Waals surface area contributed by atoms with Gasteiger partial charge in [0.05, 0.1) is 0 Å². The monoisotopic (exact) mass is 488 g/mol. The molecule has 0 N–H and O–H groups in total. The average molecular weight is 489 g/mol. The van der Waals surface area contributed by atoms with Gasteiger partial charge in [-0.15, -0.1) is 0 Å². The molecule has 5 aromatic rings. The van der Waals surface area contributed by atoms with E-state index in [0.29, 0.717) is 0 Å². The smallest absolute Gasteiger partial charge is 0.0181 e. The molecule has 0 aliphatic heterocycles. The Morgan fingerprint density at radius 2 is 0.848 bits per heavy atom. The average Bonchev–Trinajstić information content (AvgIpc) is 2.85. The van der Waals surface area contributed by atoms with Gasteiger partial charge in [0.15, 0.2) is 0 Å². The van der Waals surface area contributed by atoms with Crippen LogP contribution in [0.2, 0.25) is 0 Å². The minimum Gasteiger partial charge on any atom is -0.0622 e. The summed E-state index contributed by atoms with van der Waals surface area (Å²) in [6, 6.07) is 41.5. The van der Waals surface area contributed by atoms with Gasteiger partial charge in [-0.3, -0.25) is 0 Å². The van der Waals surface area contributed by atoms with Gasteiger partial charge < -0.3 is 0 Å². The van der Waals surface area contributed by atoms with Crippen LogP contribution < -0.4 is 0 Å². The second-order valence-electron chi connectivity index (χ2n) is 8.52. The Kier molecular flexibility index (Phi) is 5.98. The largest absolute Gasteiger partial charge is 0.0622 e. The van der Waals surface area contributed by atoms with Crippen molar-refractivity contribution in [2.75, 3.05) is 0 Å². The quantitative estimate of drug-likeness (QED) is 0.236. The van der Waals surface area contributed by atoms with Crippen LogP contribution in [0.5, 0.6) is 0 Å². The van der Waals surface area contributed by atoms with Gasteiger partial charge in [-0.2, -0.15) is 0 Å². The van der Waals surface area contributed by atoms with E-state index in [4.69, 9.17) is 0 Å². The maximum absolute atomic E-state index is 3.60. The Labute approximate surface area is 204 Å². The van der Waals surface area contributed by atoms with Crippen LogP contribution >= 0.6 is 15.9 Å². The Morgan fingerprint density at radius 3 is 1.42 bits per heavy atom. The summed E-state index contributed by atoms with van der Waals surface area (Å²) in [5.74, 6) is 0. The lowest BCUT2D eigenvalue weighted by Gasteiger charge is -2.14. The van der Waals surface area contributed by atoms with Crippen molar-refractivity contribution >= 4 is 15.9 Å². The zero-order valence-corrected chi connectivity index (χ0v) is 20.4. The van der Waals surface area contributed by atoms with Gasteiger partial charge in [-0.25, -0.2) is 0 Å². The van der Waals surface area contributed by atoms with Crippen molar-refractivity contribution in [2.24, 2.45) is 0 Å². The molecule has 33 heavy (non-hydrogen) atoms. The molecule has 0 nitrogen and oxygen atoms in total. The van der Waals surface area contributed by atoms with E-state index >= 15 is 0 Å². The number of rotatable bonds is 4. The van der Waals surface area contributed by atoms with E-state index in [2.05, 4.69) is 145 Å². The molecule has 0 bridgehead atoms. The summed E-state index contributed by atoms with van der Waals surface area (Å²) in [7, 11) is 0. The first-order valence-corrected chi connectivity index (χ1v) is 12.0. The fourth-order valence-corrected chi connectivity index (χ4v) is 4.76. The Morgan fingerprint density at radius 1 is 0.394 bits per heavy atom. The molecule has 5 aromatic carbocycles. The molecule has 0 radical (unpaired) electrons. The van der Waals surface area contributed by atoms with Crippen molar-refractivity contribution in [1.29, 1.82) is 0 Å². The van der Waals surface area contributed by atoms with Gasteiger partial charge in [0.25, 0.3) is 0 Å². The van der Waals surface area contributed by atoms with Crippen LogP contribution in [0.4, 0.5) is 0 Å². The van der Waals surface area contributed by atoms with Gasteiger partial charge in [0.1, 0.15) is 0 Å². The van der Waals surface area contributed by atoms with Crippen LogP contribution in [0.3, 0.4) is 0 Å². The molecule has 0 atom stereocenters. The van der Waals surface area contributed by atoms with Crippen LogP contribution in [0.15, 0.2) is 120 Å². The minimum atomic E-state index is 1.09. The maximum atomic E-state index is 3.60. The number of aryl methyl sites for hydroxylation is 2. The fourth-order valence-electron chi connectivity index (χ4n) is 4.36. The third kappa shape index (κ3) is 4.55. The normalized spacial score (nSPS) is 10.9. The van der Waals surface area contributed by atoms with E-state index < -0.39 is 0 Å². The Hall–Kier alpha value is -3.42. The van der Waals surface area contributed by atoms with Crippen LogP contribution in [0.25, 0.3) is 44.5 Å². The van der Waals surface area contributed by atoms with E-state index in [1.807, 2.05) is 0 Å². The van der Waals surface area contributed by atoms with E-state index in [0.717, 1.165) is 4.47 Å². The lowest BCUT2D eigenvalue weighted by atomic mass is 9.90. The number of hydrogen-bond donors (Lipinski definition) is 0. The highest BCUT2D eigenvalue weighted by Crippen LogP contribution is 2.35. The second-order valence-corrected chi connectivity index (χ2v) is 9.43. The molecule has 0 spiro atoms. The summed E-state index contributed by atoms with van der Waals surface area (Å²) in [5, 5.41) is 0. The molecule has 0 amide bonds. The van der Waals surface area contributed by atoms with E-state index in [-0.39, 0.29) is 0 Å². The topological polar surface area (TPSA) is 0 Å². The molecule has 0 saturated carbocycles. The third-order valence-corrected chi connectivity index (χ3v) is 6.72. The highest BCUT2D eigenvalue weighted by molar-refractivity contribution is 9.10.